The predicted molar refractivity (Wildman–Crippen MR) is 52.7 cm³/mol. The quantitative estimate of drug-likeness (QED) is 0.644. The summed E-state index contributed by atoms with van der Waals surface area (Å²) >= 11 is 0. The summed E-state index contributed by atoms with van der Waals surface area (Å²) in [6, 6.07) is 0.184. The van der Waals surface area contributed by atoms with Crippen molar-refractivity contribution in [2.45, 2.75) is 25.3 Å². The Balaban J connectivity index is 1.87. The van der Waals surface area contributed by atoms with Crippen LogP contribution < -0.4 is 5.73 Å². The van der Waals surface area contributed by atoms with Crippen LogP contribution in [0.1, 0.15) is 19.3 Å². The van der Waals surface area contributed by atoms with E-state index in [1.807, 2.05) is 4.90 Å². The van der Waals surface area contributed by atoms with Crippen molar-refractivity contribution in [1.82, 2.24) is 4.90 Å². The Kier molecular flexibility index (Phi) is 3.03. The topological polar surface area (TPSA) is 55.6 Å². The fraction of sp³-hybridized carbons (Fsp3) is 0.900. The molecule has 0 aromatic carbocycles. The number of ether oxygens (including phenoxy) is 1. The molecule has 1 amide bonds. The van der Waals surface area contributed by atoms with Gasteiger partial charge in [-0.2, -0.15) is 0 Å². The highest BCUT2D eigenvalue weighted by molar-refractivity contribution is 5.79. The molecular formula is C10H18N2O2. The van der Waals surface area contributed by atoms with Crippen LogP contribution in [0.2, 0.25) is 0 Å². The van der Waals surface area contributed by atoms with Crippen molar-refractivity contribution in [2.24, 2.45) is 11.7 Å². The van der Waals surface area contributed by atoms with Gasteiger partial charge < -0.3 is 15.4 Å². The molecule has 2 aliphatic rings. The van der Waals surface area contributed by atoms with Crippen molar-refractivity contribution in [3.8, 4) is 0 Å². The second kappa shape index (κ2) is 4.28. The molecule has 0 aromatic rings. The maximum atomic E-state index is 11.9. The van der Waals surface area contributed by atoms with Gasteiger partial charge in [0.25, 0.3) is 0 Å². The zero-order chi connectivity index (χ0) is 9.97. The van der Waals surface area contributed by atoms with E-state index in [-0.39, 0.29) is 17.9 Å². The maximum absolute atomic E-state index is 11.9. The minimum atomic E-state index is 0.0917. The lowest BCUT2D eigenvalue weighted by molar-refractivity contribution is -0.138. The fourth-order valence-electron chi connectivity index (χ4n) is 2.18. The Morgan fingerprint density at radius 3 is 2.86 bits per heavy atom. The number of carbonyl (C=O) groups excluding carboxylic acids is 1. The van der Waals surface area contributed by atoms with Crippen molar-refractivity contribution in [3.05, 3.63) is 0 Å². The van der Waals surface area contributed by atoms with E-state index in [4.69, 9.17) is 10.5 Å². The molecule has 2 heterocycles. The van der Waals surface area contributed by atoms with Gasteiger partial charge in [-0.3, -0.25) is 4.79 Å². The summed E-state index contributed by atoms with van der Waals surface area (Å²) in [5.74, 6) is 0.340. The zero-order valence-electron chi connectivity index (χ0n) is 8.45. The minimum Gasteiger partial charge on any atom is -0.381 e. The summed E-state index contributed by atoms with van der Waals surface area (Å²) in [5.41, 5.74) is 5.77. The molecule has 2 N–H and O–H groups in total. The summed E-state index contributed by atoms with van der Waals surface area (Å²) in [6.45, 7) is 2.97. The number of nitrogens with zero attached hydrogens (tertiary/aromatic N) is 1. The van der Waals surface area contributed by atoms with Crippen molar-refractivity contribution in [1.29, 1.82) is 0 Å². The van der Waals surface area contributed by atoms with Crippen LogP contribution in [0.3, 0.4) is 0 Å². The summed E-state index contributed by atoms with van der Waals surface area (Å²) in [4.78, 5) is 13.8. The first kappa shape index (κ1) is 9.93. The first-order valence-electron chi connectivity index (χ1n) is 5.39. The molecule has 14 heavy (non-hydrogen) atoms. The van der Waals surface area contributed by atoms with E-state index in [2.05, 4.69) is 0 Å². The van der Waals surface area contributed by atoms with Crippen LogP contribution in [0, 0.1) is 5.92 Å². The SMILES string of the molecule is NC1CCN(C(=O)C2CCCOC2)C1. The van der Waals surface area contributed by atoms with Crippen LogP contribution in [-0.2, 0) is 9.53 Å². The van der Waals surface area contributed by atoms with Crippen LogP contribution in [-0.4, -0.2) is 43.2 Å². The molecule has 2 unspecified atom stereocenters. The van der Waals surface area contributed by atoms with Gasteiger partial charge in [-0.1, -0.05) is 0 Å². The maximum Gasteiger partial charge on any atom is 0.228 e. The lowest BCUT2D eigenvalue weighted by Crippen LogP contribution is -2.39. The molecular weight excluding hydrogens is 180 g/mol. The molecule has 2 atom stereocenters. The summed E-state index contributed by atoms with van der Waals surface area (Å²) in [7, 11) is 0. The standard InChI is InChI=1S/C10H18N2O2/c11-9-3-4-12(6-9)10(13)8-2-1-5-14-7-8/h8-9H,1-7,11H2. The Bertz CT molecular complexity index is 207. The summed E-state index contributed by atoms with van der Waals surface area (Å²) in [6.07, 6.45) is 2.93. The van der Waals surface area contributed by atoms with Gasteiger partial charge in [0, 0.05) is 25.7 Å². The molecule has 0 aliphatic carbocycles. The molecule has 0 saturated carbocycles. The highest BCUT2D eigenvalue weighted by atomic mass is 16.5. The Hall–Kier alpha value is -0.610. The van der Waals surface area contributed by atoms with Crippen molar-refractivity contribution in [2.75, 3.05) is 26.3 Å². The molecule has 2 saturated heterocycles. The lowest BCUT2D eigenvalue weighted by Gasteiger charge is -2.26. The molecule has 0 spiro atoms. The van der Waals surface area contributed by atoms with E-state index in [0.29, 0.717) is 6.61 Å². The Morgan fingerprint density at radius 1 is 1.43 bits per heavy atom. The first-order valence-corrected chi connectivity index (χ1v) is 5.39. The van der Waals surface area contributed by atoms with Crippen molar-refractivity contribution < 1.29 is 9.53 Å². The van der Waals surface area contributed by atoms with Gasteiger partial charge in [0.15, 0.2) is 0 Å². The monoisotopic (exact) mass is 198 g/mol. The predicted octanol–water partition coefficient (Wildman–Crippen LogP) is -0.0274. The molecule has 2 fully saturated rings. The van der Waals surface area contributed by atoms with E-state index < -0.39 is 0 Å². The lowest BCUT2D eigenvalue weighted by atomic mass is 10.0. The van der Waals surface area contributed by atoms with Gasteiger partial charge in [0.2, 0.25) is 5.91 Å². The van der Waals surface area contributed by atoms with Crippen molar-refractivity contribution >= 4 is 5.91 Å². The fourth-order valence-corrected chi connectivity index (χ4v) is 2.18. The van der Waals surface area contributed by atoms with Crippen LogP contribution >= 0.6 is 0 Å². The van der Waals surface area contributed by atoms with E-state index in [0.717, 1.165) is 39.0 Å². The normalized spacial score (nSPS) is 33.4. The molecule has 80 valence electrons. The minimum absolute atomic E-state index is 0.0917. The highest BCUT2D eigenvalue weighted by Crippen LogP contribution is 2.19. The molecule has 0 bridgehead atoms. The third kappa shape index (κ3) is 2.07. The molecule has 2 aliphatic heterocycles. The number of nitrogens with two attached hydrogens (primary N) is 1. The number of carbonyl (C=O) groups is 1. The van der Waals surface area contributed by atoms with Crippen LogP contribution in [0.4, 0.5) is 0 Å². The van der Waals surface area contributed by atoms with Gasteiger partial charge in [0.05, 0.1) is 12.5 Å². The Morgan fingerprint density at radius 2 is 2.29 bits per heavy atom. The zero-order valence-corrected chi connectivity index (χ0v) is 8.45. The van der Waals surface area contributed by atoms with E-state index in [1.165, 1.54) is 0 Å². The number of amides is 1. The van der Waals surface area contributed by atoms with Gasteiger partial charge in [0.1, 0.15) is 0 Å². The average molecular weight is 198 g/mol. The van der Waals surface area contributed by atoms with E-state index >= 15 is 0 Å². The smallest absolute Gasteiger partial charge is 0.228 e. The van der Waals surface area contributed by atoms with Gasteiger partial charge in [-0.25, -0.2) is 0 Å². The van der Waals surface area contributed by atoms with Crippen LogP contribution in [0.5, 0.6) is 0 Å². The molecule has 0 radical (unpaired) electrons. The van der Waals surface area contributed by atoms with E-state index in [9.17, 15) is 4.79 Å². The highest BCUT2D eigenvalue weighted by Gasteiger charge is 2.30. The van der Waals surface area contributed by atoms with E-state index in [1.54, 1.807) is 0 Å². The van der Waals surface area contributed by atoms with Gasteiger partial charge >= 0.3 is 0 Å². The molecule has 0 aromatic heterocycles. The molecule has 4 nitrogen and oxygen atoms in total. The third-order valence-corrected chi connectivity index (χ3v) is 3.05. The number of rotatable bonds is 1. The molecule has 2 rings (SSSR count). The Labute approximate surface area is 84.4 Å². The number of hydrogen-bond acceptors (Lipinski definition) is 3. The first-order chi connectivity index (χ1) is 6.77. The summed E-state index contributed by atoms with van der Waals surface area (Å²) in [5, 5.41) is 0. The average Bonchev–Trinajstić information content (AvgIpc) is 2.65. The largest absolute Gasteiger partial charge is 0.381 e. The van der Waals surface area contributed by atoms with Gasteiger partial charge in [-0.05, 0) is 19.3 Å². The van der Waals surface area contributed by atoms with Gasteiger partial charge in [-0.15, -0.1) is 0 Å². The summed E-state index contributed by atoms with van der Waals surface area (Å²) < 4.78 is 5.31. The van der Waals surface area contributed by atoms with Crippen LogP contribution in [0.15, 0.2) is 0 Å². The van der Waals surface area contributed by atoms with Crippen molar-refractivity contribution in [3.63, 3.8) is 0 Å². The molecule has 4 heteroatoms. The second-order valence-electron chi connectivity index (χ2n) is 4.25. The third-order valence-electron chi connectivity index (χ3n) is 3.05. The number of hydrogen-bond donors (Lipinski definition) is 1. The second-order valence-corrected chi connectivity index (χ2v) is 4.25. The van der Waals surface area contributed by atoms with Crippen LogP contribution in [0.25, 0.3) is 0 Å². The number of likely N-dealkylation sites (tertiary alicyclic amines) is 1.